The lowest BCUT2D eigenvalue weighted by atomic mass is 10.1. The molecule has 0 spiro atoms. The predicted octanol–water partition coefficient (Wildman–Crippen LogP) is 3.07. The van der Waals surface area contributed by atoms with Crippen LogP contribution in [0.3, 0.4) is 0 Å². The molecule has 2 rings (SSSR count). The molecule has 1 aromatic carbocycles. The highest BCUT2D eigenvalue weighted by molar-refractivity contribution is 6.00. The zero-order valence-electron chi connectivity index (χ0n) is 14.3. The molecule has 4 nitrogen and oxygen atoms in total. The first-order valence-electron chi connectivity index (χ1n) is 8.03. The van der Waals surface area contributed by atoms with Crippen LogP contribution in [0.4, 0.5) is 0 Å². The maximum Gasteiger partial charge on any atom is 0.180 e. The molecule has 1 fully saturated rings. The van der Waals surface area contributed by atoms with E-state index in [0.717, 1.165) is 18.7 Å². The van der Waals surface area contributed by atoms with E-state index >= 15 is 0 Å². The minimum absolute atomic E-state index is 0.0534. The first kappa shape index (κ1) is 17.0. The van der Waals surface area contributed by atoms with Gasteiger partial charge in [-0.15, -0.1) is 0 Å². The van der Waals surface area contributed by atoms with Crippen molar-refractivity contribution in [2.45, 2.75) is 52.9 Å². The lowest BCUT2D eigenvalue weighted by Gasteiger charge is -2.34. The summed E-state index contributed by atoms with van der Waals surface area (Å²) in [7, 11) is 0. The van der Waals surface area contributed by atoms with Crippen LogP contribution in [0.1, 0.15) is 43.6 Å². The van der Waals surface area contributed by atoms with E-state index in [4.69, 9.17) is 9.47 Å². The number of benzene rings is 1. The summed E-state index contributed by atoms with van der Waals surface area (Å²) in [6.45, 7) is 12.0. The van der Waals surface area contributed by atoms with E-state index in [1.54, 1.807) is 0 Å². The van der Waals surface area contributed by atoms with Gasteiger partial charge in [-0.25, -0.2) is 0 Å². The standard InChI is InChI=1S/C18H27NO3/c1-12(2)21-18-7-6-13(3)8-16(18)17(20)11-19-9-14(4)22-15(5)10-19/h6-8,12,14-15H,9-11H2,1-5H3. The smallest absolute Gasteiger partial charge is 0.180 e. The number of ketones is 1. The second kappa shape index (κ2) is 7.25. The molecule has 1 saturated heterocycles. The number of hydrogen-bond donors (Lipinski definition) is 0. The molecule has 0 N–H and O–H groups in total. The van der Waals surface area contributed by atoms with Crippen LogP contribution in [-0.4, -0.2) is 48.6 Å². The lowest BCUT2D eigenvalue weighted by Crippen LogP contribution is -2.47. The molecular weight excluding hydrogens is 278 g/mol. The SMILES string of the molecule is Cc1ccc(OC(C)C)c(C(=O)CN2CC(C)OC(C)C2)c1. The molecule has 0 amide bonds. The van der Waals surface area contributed by atoms with Gasteiger partial charge in [0.2, 0.25) is 0 Å². The van der Waals surface area contributed by atoms with Crippen molar-refractivity contribution in [1.29, 1.82) is 0 Å². The highest BCUT2D eigenvalue weighted by atomic mass is 16.5. The maximum atomic E-state index is 12.7. The third kappa shape index (κ3) is 4.55. The molecule has 22 heavy (non-hydrogen) atoms. The number of carbonyl (C=O) groups excluding carboxylic acids is 1. The van der Waals surface area contributed by atoms with Crippen LogP contribution < -0.4 is 4.74 Å². The Labute approximate surface area is 133 Å². The normalized spacial score (nSPS) is 22.8. The van der Waals surface area contributed by atoms with Gasteiger partial charge in [-0.3, -0.25) is 9.69 Å². The lowest BCUT2D eigenvalue weighted by molar-refractivity contribution is -0.0652. The predicted molar refractivity (Wildman–Crippen MR) is 87.7 cm³/mol. The average molecular weight is 305 g/mol. The number of rotatable bonds is 5. The maximum absolute atomic E-state index is 12.7. The molecule has 0 aromatic heterocycles. The largest absolute Gasteiger partial charge is 0.490 e. The van der Waals surface area contributed by atoms with Crippen molar-refractivity contribution in [3.8, 4) is 5.75 Å². The fraction of sp³-hybridized carbons (Fsp3) is 0.611. The molecule has 2 atom stereocenters. The molecule has 2 unspecified atom stereocenters. The first-order chi connectivity index (χ1) is 10.3. The van der Waals surface area contributed by atoms with Crippen LogP contribution in [0.15, 0.2) is 18.2 Å². The van der Waals surface area contributed by atoms with E-state index in [1.807, 2.05) is 52.8 Å². The van der Waals surface area contributed by atoms with Gasteiger partial charge in [0.25, 0.3) is 0 Å². The molecule has 0 radical (unpaired) electrons. The van der Waals surface area contributed by atoms with Crippen molar-refractivity contribution >= 4 is 5.78 Å². The summed E-state index contributed by atoms with van der Waals surface area (Å²) in [5, 5.41) is 0. The van der Waals surface area contributed by atoms with Crippen molar-refractivity contribution < 1.29 is 14.3 Å². The van der Waals surface area contributed by atoms with Crippen LogP contribution in [0.25, 0.3) is 0 Å². The van der Waals surface area contributed by atoms with Crippen LogP contribution >= 0.6 is 0 Å². The summed E-state index contributed by atoms with van der Waals surface area (Å²) >= 11 is 0. The molecule has 1 aliphatic rings. The molecule has 1 aromatic rings. The van der Waals surface area contributed by atoms with Crippen LogP contribution in [0.2, 0.25) is 0 Å². The van der Waals surface area contributed by atoms with Gasteiger partial charge in [0.05, 0.1) is 30.4 Å². The molecule has 122 valence electrons. The number of aryl methyl sites for hydroxylation is 1. The number of Topliss-reactive ketones (excluding diaryl/α,β-unsaturated/α-hetero) is 1. The van der Waals surface area contributed by atoms with Crippen molar-refractivity contribution in [1.82, 2.24) is 4.90 Å². The third-order valence-electron chi connectivity index (χ3n) is 3.66. The molecule has 0 aliphatic carbocycles. The Hall–Kier alpha value is -1.39. The zero-order chi connectivity index (χ0) is 16.3. The minimum atomic E-state index is 0.0534. The fourth-order valence-corrected chi connectivity index (χ4v) is 2.92. The summed E-state index contributed by atoms with van der Waals surface area (Å²) in [5.41, 5.74) is 1.75. The van der Waals surface area contributed by atoms with Crippen molar-refractivity contribution in [3.63, 3.8) is 0 Å². The van der Waals surface area contributed by atoms with Crippen molar-refractivity contribution in [2.24, 2.45) is 0 Å². The summed E-state index contributed by atoms with van der Waals surface area (Å²) in [4.78, 5) is 14.9. The Balaban J connectivity index is 2.13. The van der Waals surface area contributed by atoms with Gasteiger partial charge in [-0.2, -0.15) is 0 Å². The van der Waals surface area contributed by atoms with Crippen LogP contribution in [-0.2, 0) is 4.74 Å². The summed E-state index contributed by atoms with van der Waals surface area (Å²) in [6.07, 6.45) is 0.388. The molecular formula is C18H27NO3. The zero-order valence-corrected chi connectivity index (χ0v) is 14.3. The number of nitrogens with zero attached hydrogens (tertiary/aromatic N) is 1. The number of carbonyl (C=O) groups is 1. The second-order valence-electron chi connectivity index (χ2n) is 6.54. The van der Waals surface area contributed by atoms with E-state index in [2.05, 4.69) is 4.90 Å². The fourth-order valence-electron chi connectivity index (χ4n) is 2.92. The van der Waals surface area contributed by atoms with E-state index in [-0.39, 0.29) is 24.1 Å². The minimum Gasteiger partial charge on any atom is -0.490 e. The van der Waals surface area contributed by atoms with E-state index in [0.29, 0.717) is 17.9 Å². The summed E-state index contributed by atoms with van der Waals surface area (Å²) in [5.74, 6) is 0.792. The van der Waals surface area contributed by atoms with Crippen LogP contribution in [0.5, 0.6) is 5.75 Å². The number of morpholine rings is 1. The second-order valence-corrected chi connectivity index (χ2v) is 6.54. The highest BCUT2D eigenvalue weighted by Crippen LogP contribution is 2.23. The summed E-state index contributed by atoms with van der Waals surface area (Å²) in [6, 6.07) is 5.80. The Morgan fingerprint density at radius 3 is 2.55 bits per heavy atom. The Kier molecular flexibility index (Phi) is 5.59. The van der Waals surface area contributed by atoms with Gasteiger partial charge in [0, 0.05) is 13.1 Å². The quantitative estimate of drug-likeness (QED) is 0.784. The van der Waals surface area contributed by atoms with Gasteiger partial charge in [-0.05, 0) is 46.8 Å². The van der Waals surface area contributed by atoms with Gasteiger partial charge in [-0.1, -0.05) is 11.6 Å². The number of hydrogen-bond acceptors (Lipinski definition) is 4. The van der Waals surface area contributed by atoms with E-state index in [9.17, 15) is 4.79 Å². The molecule has 0 bridgehead atoms. The molecule has 4 heteroatoms. The van der Waals surface area contributed by atoms with E-state index < -0.39 is 0 Å². The van der Waals surface area contributed by atoms with Crippen molar-refractivity contribution in [3.05, 3.63) is 29.3 Å². The van der Waals surface area contributed by atoms with Gasteiger partial charge in [0.1, 0.15) is 5.75 Å². The van der Waals surface area contributed by atoms with Gasteiger partial charge in [0.15, 0.2) is 5.78 Å². The average Bonchev–Trinajstić information content (AvgIpc) is 2.39. The van der Waals surface area contributed by atoms with Gasteiger partial charge < -0.3 is 9.47 Å². The Bertz CT molecular complexity index is 517. The molecule has 1 heterocycles. The monoisotopic (exact) mass is 305 g/mol. The Morgan fingerprint density at radius 1 is 1.32 bits per heavy atom. The number of ether oxygens (including phenoxy) is 2. The Morgan fingerprint density at radius 2 is 1.95 bits per heavy atom. The van der Waals surface area contributed by atoms with Gasteiger partial charge >= 0.3 is 0 Å². The van der Waals surface area contributed by atoms with Crippen molar-refractivity contribution in [2.75, 3.05) is 19.6 Å². The first-order valence-corrected chi connectivity index (χ1v) is 8.03. The third-order valence-corrected chi connectivity index (χ3v) is 3.66. The van der Waals surface area contributed by atoms with E-state index in [1.165, 1.54) is 0 Å². The summed E-state index contributed by atoms with van der Waals surface area (Å²) < 4.78 is 11.5. The topological polar surface area (TPSA) is 38.8 Å². The highest BCUT2D eigenvalue weighted by Gasteiger charge is 2.25. The molecule has 1 aliphatic heterocycles. The van der Waals surface area contributed by atoms with Crippen LogP contribution in [0, 0.1) is 6.92 Å². The molecule has 0 saturated carbocycles.